The van der Waals surface area contributed by atoms with Crippen LogP contribution < -0.4 is 0 Å². The minimum atomic E-state index is -4.92. The van der Waals surface area contributed by atoms with Gasteiger partial charge in [0, 0.05) is 18.6 Å². The standard InChI is InChI=1S/C9H8N2O2.H2O4S/c10-11-8-4-1-7(2-5-8)3-6-9(12)13;1-5(2,3)4/h1-2,4-5H,3,6H2;(H2,1,2,3,4). The first kappa shape index (κ1) is 16.0. The maximum atomic E-state index is 10.2. The summed E-state index contributed by atoms with van der Waals surface area (Å²) in [7, 11) is -4.92. The highest BCUT2D eigenvalue weighted by Gasteiger charge is 2.03. The number of carbonyl (C=O) groups is 1. The van der Waals surface area contributed by atoms with Crippen LogP contribution in [-0.4, -0.2) is 28.6 Å². The van der Waals surface area contributed by atoms with Crippen molar-refractivity contribution in [2.45, 2.75) is 12.8 Å². The molecule has 0 atom stereocenters. The molecule has 0 aliphatic rings. The van der Waals surface area contributed by atoms with Gasteiger partial charge in [0.25, 0.3) is 0 Å². The topological polar surface area (TPSA) is 143 Å². The Balaban J connectivity index is 0.000000494. The van der Waals surface area contributed by atoms with Crippen molar-refractivity contribution in [3.63, 3.8) is 0 Å². The number of nitrogens with zero attached hydrogens (tertiary/aromatic N) is 2. The van der Waals surface area contributed by atoms with Crippen LogP contribution in [0.1, 0.15) is 12.0 Å². The third-order valence-electron chi connectivity index (χ3n) is 1.68. The molecule has 0 aliphatic heterocycles. The smallest absolute Gasteiger partial charge is 0.385 e. The number of hydrogen-bond donors (Lipinski definition) is 2. The van der Waals surface area contributed by atoms with Crippen molar-refractivity contribution in [1.29, 1.82) is 5.39 Å². The SMILES string of the molecule is N#[N+]c1ccc(CCC(=O)O)cc1.O=S(=O)([O-])O. The Bertz CT molecular complexity index is 523. The van der Waals surface area contributed by atoms with Crippen molar-refractivity contribution in [3.8, 4) is 0 Å². The summed E-state index contributed by atoms with van der Waals surface area (Å²) in [4.78, 5) is 13.2. The number of aliphatic carboxylic acids is 1. The molecule has 0 saturated heterocycles. The van der Waals surface area contributed by atoms with E-state index in [0.29, 0.717) is 12.1 Å². The molecular formula is C9H10N2O6S. The summed E-state index contributed by atoms with van der Waals surface area (Å²) in [5.74, 6) is -0.809. The third kappa shape index (κ3) is 10.5. The Kier molecular flexibility index (Phi) is 6.51. The average Bonchev–Trinajstić information content (AvgIpc) is 2.25. The molecule has 1 aromatic carbocycles. The van der Waals surface area contributed by atoms with Crippen molar-refractivity contribution in [2.24, 2.45) is 0 Å². The van der Waals surface area contributed by atoms with Crippen LogP contribution in [0.25, 0.3) is 4.98 Å². The van der Waals surface area contributed by atoms with E-state index in [1.165, 1.54) is 0 Å². The predicted molar refractivity (Wildman–Crippen MR) is 59.5 cm³/mol. The zero-order valence-corrected chi connectivity index (χ0v) is 9.87. The fraction of sp³-hybridized carbons (Fsp3) is 0.222. The molecule has 0 aromatic heterocycles. The largest absolute Gasteiger partial charge is 0.726 e. The molecule has 8 nitrogen and oxygen atoms in total. The maximum Gasteiger partial charge on any atom is 0.385 e. The molecular weight excluding hydrogens is 264 g/mol. The quantitative estimate of drug-likeness (QED) is 0.478. The van der Waals surface area contributed by atoms with Gasteiger partial charge in [0.05, 0.1) is 0 Å². The molecule has 0 aliphatic carbocycles. The van der Waals surface area contributed by atoms with Crippen LogP contribution in [-0.2, 0) is 21.6 Å². The highest BCUT2D eigenvalue weighted by Crippen LogP contribution is 2.13. The third-order valence-corrected chi connectivity index (χ3v) is 1.68. The monoisotopic (exact) mass is 274 g/mol. The van der Waals surface area contributed by atoms with Crippen LogP contribution >= 0.6 is 0 Å². The molecule has 1 rings (SSSR count). The Hall–Kier alpha value is -2.02. The molecule has 0 fully saturated rings. The zero-order valence-electron chi connectivity index (χ0n) is 9.05. The van der Waals surface area contributed by atoms with Gasteiger partial charge < -0.3 is 9.66 Å². The fourth-order valence-corrected chi connectivity index (χ4v) is 0.981. The molecule has 0 bridgehead atoms. The molecule has 18 heavy (non-hydrogen) atoms. The second kappa shape index (κ2) is 7.33. The van der Waals surface area contributed by atoms with E-state index in [2.05, 4.69) is 4.98 Å². The number of benzene rings is 1. The Morgan fingerprint density at radius 1 is 1.33 bits per heavy atom. The van der Waals surface area contributed by atoms with Crippen LogP contribution in [0.5, 0.6) is 0 Å². The maximum absolute atomic E-state index is 10.2. The van der Waals surface area contributed by atoms with Gasteiger partial charge in [-0.3, -0.25) is 9.35 Å². The van der Waals surface area contributed by atoms with Crippen molar-refractivity contribution < 1.29 is 27.4 Å². The number of diazo groups is 1. The van der Waals surface area contributed by atoms with Gasteiger partial charge in [-0.25, -0.2) is 8.42 Å². The Morgan fingerprint density at radius 3 is 2.11 bits per heavy atom. The number of hydrogen-bond acceptors (Lipinski definition) is 5. The number of aryl methyl sites for hydroxylation is 1. The molecule has 0 heterocycles. The van der Waals surface area contributed by atoms with Gasteiger partial charge in [0.1, 0.15) is 0 Å². The molecule has 2 N–H and O–H groups in total. The summed E-state index contributed by atoms with van der Waals surface area (Å²) in [5.41, 5.74) is 1.40. The van der Waals surface area contributed by atoms with Gasteiger partial charge in [-0.1, -0.05) is 12.1 Å². The van der Waals surface area contributed by atoms with Gasteiger partial charge >= 0.3 is 11.7 Å². The van der Waals surface area contributed by atoms with E-state index in [1.54, 1.807) is 24.3 Å². The summed E-state index contributed by atoms with van der Waals surface area (Å²) in [5, 5.41) is 16.8. The minimum Gasteiger partial charge on any atom is -0.726 e. The van der Waals surface area contributed by atoms with Crippen LogP contribution in [0, 0.1) is 5.39 Å². The van der Waals surface area contributed by atoms with Crippen LogP contribution in [0.15, 0.2) is 24.3 Å². The minimum absolute atomic E-state index is 0.121. The summed E-state index contributed by atoms with van der Waals surface area (Å²) in [6, 6.07) is 6.77. The number of carboxylic acids is 1. The molecule has 98 valence electrons. The first-order valence-corrected chi connectivity index (χ1v) is 5.93. The first-order valence-electron chi connectivity index (χ1n) is 4.56. The second-order valence-electron chi connectivity index (χ2n) is 3.09. The summed E-state index contributed by atoms with van der Waals surface area (Å²) in [6.45, 7) is 0. The summed E-state index contributed by atoms with van der Waals surface area (Å²) < 4.78 is 32.8. The fourth-order valence-electron chi connectivity index (χ4n) is 0.981. The normalized spacial score (nSPS) is 9.83. The molecule has 0 radical (unpaired) electrons. The van der Waals surface area contributed by atoms with E-state index in [-0.39, 0.29) is 6.42 Å². The van der Waals surface area contributed by atoms with Crippen molar-refractivity contribution in [2.75, 3.05) is 0 Å². The van der Waals surface area contributed by atoms with Crippen molar-refractivity contribution in [3.05, 3.63) is 34.8 Å². The van der Waals surface area contributed by atoms with E-state index < -0.39 is 16.4 Å². The van der Waals surface area contributed by atoms with Gasteiger partial charge in [0.2, 0.25) is 15.8 Å². The average molecular weight is 274 g/mol. The van der Waals surface area contributed by atoms with E-state index in [0.717, 1.165) is 5.56 Å². The molecule has 0 amide bonds. The summed E-state index contributed by atoms with van der Waals surface area (Å²) >= 11 is 0. The van der Waals surface area contributed by atoms with Gasteiger partial charge in [0.15, 0.2) is 4.98 Å². The van der Waals surface area contributed by atoms with Gasteiger partial charge in [-0.2, -0.15) is 0 Å². The van der Waals surface area contributed by atoms with E-state index in [1.807, 2.05) is 0 Å². The second-order valence-corrected chi connectivity index (χ2v) is 3.94. The molecule has 1 aromatic rings. The van der Waals surface area contributed by atoms with Crippen LogP contribution in [0.4, 0.5) is 5.69 Å². The number of carboxylic acid groups (broad SMARTS) is 1. The Morgan fingerprint density at radius 2 is 1.78 bits per heavy atom. The van der Waals surface area contributed by atoms with Crippen LogP contribution in [0.3, 0.4) is 0 Å². The molecule has 9 heteroatoms. The lowest BCUT2D eigenvalue weighted by Gasteiger charge is -1.94. The lowest BCUT2D eigenvalue weighted by molar-refractivity contribution is -0.136. The van der Waals surface area contributed by atoms with Crippen molar-refractivity contribution in [1.82, 2.24) is 0 Å². The van der Waals surface area contributed by atoms with E-state index in [4.69, 9.17) is 28.0 Å². The lowest BCUT2D eigenvalue weighted by atomic mass is 10.1. The summed E-state index contributed by atoms with van der Waals surface area (Å²) in [6.07, 6.45) is 0.622. The highest BCUT2D eigenvalue weighted by molar-refractivity contribution is 7.79. The number of rotatable bonds is 3. The zero-order chi connectivity index (χ0) is 14.2. The molecule has 0 saturated carbocycles. The van der Waals surface area contributed by atoms with Crippen molar-refractivity contribution >= 4 is 22.1 Å². The lowest BCUT2D eigenvalue weighted by Crippen LogP contribution is -1.96. The highest BCUT2D eigenvalue weighted by atomic mass is 32.3. The van der Waals surface area contributed by atoms with E-state index in [9.17, 15) is 4.79 Å². The van der Waals surface area contributed by atoms with Gasteiger partial charge in [-0.15, -0.1) is 0 Å². The Labute approximate surface area is 103 Å². The molecule has 0 spiro atoms. The van der Waals surface area contributed by atoms with E-state index >= 15 is 0 Å². The predicted octanol–water partition coefficient (Wildman–Crippen LogP) is 1.19. The van der Waals surface area contributed by atoms with Crippen LogP contribution in [0.2, 0.25) is 0 Å². The first-order chi connectivity index (χ1) is 8.22. The molecule has 0 unspecified atom stereocenters. The van der Waals surface area contributed by atoms with Gasteiger partial charge in [-0.05, 0) is 12.0 Å².